The largest absolute Gasteiger partial charge is 0.491 e. The van der Waals surface area contributed by atoms with E-state index >= 15 is 0 Å². The summed E-state index contributed by atoms with van der Waals surface area (Å²) in [5.74, 6) is 0.789. The number of anilines is 1. The Morgan fingerprint density at radius 1 is 1.50 bits per heavy atom. The van der Waals surface area contributed by atoms with E-state index in [4.69, 9.17) is 10.5 Å². The van der Waals surface area contributed by atoms with Gasteiger partial charge in [0.1, 0.15) is 5.75 Å². The SMILES string of the molecule is CCCOc1ccc(I)cc1N. The van der Waals surface area contributed by atoms with Crippen LogP contribution in [0.3, 0.4) is 0 Å². The smallest absolute Gasteiger partial charge is 0.142 e. The van der Waals surface area contributed by atoms with Crippen molar-refractivity contribution in [3.63, 3.8) is 0 Å². The number of hydrogen-bond acceptors (Lipinski definition) is 2. The van der Waals surface area contributed by atoms with E-state index in [2.05, 4.69) is 29.5 Å². The van der Waals surface area contributed by atoms with Gasteiger partial charge in [-0.15, -0.1) is 0 Å². The van der Waals surface area contributed by atoms with Crippen LogP contribution in [0.15, 0.2) is 18.2 Å². The van der Waals surface area contributed by atoms with Gasteiger partial charge in [-0.05, 0) is 47.2 Å². The van der Waals surface area contributed by atoms with Crippen molar-refractivity contribution >= 4 is 28.3 Å². The number of halogens is 1. The van der Waals surface area contributed by atoms with Gasteiger partial charge in [0.25, 0.3) is 0 Å². The molecule has 0 radical (unpaired) electrons. The average molecular weight is 277 g/mol. The fourth-order valence-electron chi connectivity index (χ4n) is 0.863. The number of ether oxygens (including phenoxy) is 1. The molecule has 0 spiro atoms. The highest BCUT2D eigenvalue weighted by Gasteiger charge is 1.98. The van der Waals surface area contributed by atoms with Crippen LogP contribution < -0.4 is 10.5 Å². The summed E-state index contributed by atoms with van der Waals surface area (Å²) in [6, 6.07) is 5.81. The Labute approximate surface area is 86.2 Å². The Morgan fingerprint density at radius 3 is 2.83 bits per heavy atom. The molecule has 0 fully saturated rings. The van der Waals surface area contributed by atoms with Gasteiger partial charge >= 0.3 is 0 Å². The van der Waals surface area contributed by atoms with Gasteiger partial charge < -0.3 is 10.5 Å². The first kappa shape index (κ1) is 9.64. The monoisotopic (exact) mass is 277 g/mol. The lowest BCUT2D eigenvalue weighted by Crippen LogP contribution is -1.98. The molecule has 0 saturated heterocycles. The molecule has 12 heavy (non-hydrogen) atoms. The van der Waals surface area contributed by atoms with Gasteiger partial charge in [-0.3, -0.25) is 0 Å². The minimum absolute atomic E-state index is 0.718. The number of nitrogens with two attached hydrogens (primary N) is 1. The van der Waals surface area contributed by atoms with Gasteiger partial charge in [0.15, 0.2) is 0 Å². The Bertz CT molecular complexity index is 263. The average Bonchev–Trinajstić information content (AvgIpc) is 2.03. The lowest BCUT2D eigenvalue weighted by Gasteiger charge is -2.07. The first-order valence-electron chi connectivity index (χ1n) is 3.92. The second kappa shape index (κ2) is 4.54. The zero-order valence-corrected chi connectivity index (χ0v) is 9.17. The van der Waals surface area contributed by atoms with Crippen LogP contribution in [-0.4, -0.2) is 6.61 Å². The first-order valence-corrected chi connectivity index (χ1v) is 4.99. The molecule has 0 unspecified atom stereocenters. The van der Waals surface area contributed by atoms with Crippen molar-refractivity contribution in [2.45, 2.75) is 13.3 Å². The third-order valence-electron chi connectivity index (χ3n) is 1.43. The summed E-state index contributed by atoms with van der Waals surface area (Å²) in [5, 5.41) is 0. The maximum atomic E-state index is 5.73. The minimum Gasteiger partial charge on any atom is -0.491 e. The van der Waals surface area contributed by atoms with Gasteiger partial charge in [0.2, 0.25) is 0 Å². The Morgan fingerprint density at radius 2 is 2.25 bits per heavy atom. The van der Waals surface area contributed by atoms with Gasteiger partial charge in [-0.1, -0.05) is 6.92 Å². The minimum atomic E-state index is 0.718. The molecule has 0 aromatic heterocycles. The molecule has 1 aromatic rings. The summed E-state index contributed by atoms with van der Waals surface area (Å²) in [7, 11) is 0. The second-order valence-electron chi connectivity index (χ2n) is 2.53. The molecule has 2 N–H and O–H groups in total. The zero-order chi connectivity index (χ0) is 8.97. The maximum absolute atomic E-state index is 5.73. The molecule has 3 heteroatoms. The summed E-state index contributed by atoms with van der Waals surface area (Å²) in [5.41, 5.74) is 6.45. The van der Waals surface area contributed by atoms with E-state index in [-0.39, 0.29) is 0 Å². The van der Waals surface area contributed by atoms with Gasteiger partial charge in [-0.2, -0.15) is 0 Å². The summed E-state index contributed by atoms with van der Waals surface area (Å²) in [6.45, 7) is 2.80. The molecule has 0 heterocycles. The lowest BCUT2D eigenvalue weighted by atomic mass is 10.3. The molecule has 0 bridgehead atoms. The number of benzene rings is 1. The zero-order valence-electron chi connectivity index (χ0n) is 7.01. The van der Waals surface area contributed by atoms with E-state index in [1.807, 2.05) is 18.2 Å². The van der Waals surface area contributed by atoms with Crippen molar-refractivity contribution in [1.82, 2.24) is 0 Å². The molecule has 66 valence electrons. The molecule has 1 aromatic carbocycles. The van der Waals surface area contributed by atoms with Crippen molar-refractivity contribution in [3.8, 4) is 5.75 Å². The first-order chi connectivity index (χ1) is 5.74. The quantitative estimate of drug-likeness (QED) is 0.681. The Hall–Kier alpha value is -0.450. The summed E-state index contributed by atoms with van der Waals surface area (Å²) in [4.78, 5) is 0. The molecule has 0 aliphatic rings. The van der Waals surface area contributed by atoms with E-state index in [9.17, 15) is 0 Å². The third kappa shape index (κ3) is 2.55. The molecule has 1 rings (SSSR count). The van der Waals surface area contributed by atoms with Gasteiger partial charge in [-0.25, -0.2) is 0 Å². The molecule has 2 nitrogen and oxygen atoms in total. The van der Waals surface area contributed by atoms with E-state index < -0.39 is 0 Å². The standard InChI is InChI=1S/C9H12INO/c1-2-5-12-9-4-3-7(10)6-8(9)11/h3-4,6H,2,5,11H2,1H3. The van der Waals surface area contributed by atoms with Crippen molar-refractivity contribution in [2.24, 2.45) is 0 Å². The molecule has 0 saturated carbocycles. The Kier molecular flexibility index (Phi) is 3.65. The van der Waals surface area contributed by atoms with Crippen LogP contribution in [0.2, 0.25) is 0 Å². The van der Waals surface area contributed by atoms with Crippen LogP contribution >= 0.6 is 22.6 Å². The fourth-order valence-corrected chi connectivity index (χ4v) is 1.38. The predicted octanol–water partition coefficient (Wildman–Crippen LogP) is 2.66. The number of hydrogen-bond donors (Lipinski definition) is 1. The van der Waals surface area contributed by atoms with E-state index in [1.165, 1.54) is 0 Å². The third-order valence-corrected chi connectivity index (χ3v) is 2.10. The molecule has 0 aliphatic heterocycles. The number of rotatable bonds is 3. The summed E-state index contributed by atoms with van der Waals surface area (Å²) < 4.78 is 6.55. The van der Waals surface area contributed by atoms with Crippen LogP contribution in [0.5, 0.6) is 5.75 Å². The molecular formula is C9H12INO. The van der Waals surface area contributed by atoms with Crippen molar-refractivity contribution in [3.05, 3.63) is 21.8 Å². The summed E-state index contributed by atoms with van der Waals surface area (Å²) in [6.07, 6.45) is 1.01. The molecular weight excluding hydrogens is 265 g/mol. The van der Waals surface area contributed by atoms with Gasteiger partial charge in [0, 0.05) is 3.57 Å². The van der Waals surface area contributed by atoms with Gasteiger partial charge in [0.05, 0.1) is 12.3 Å². The molecule has 0 amide bonds. The fraction of sp³-hybridized carbons (Fsp3) is 0.333. The Balaban J connectivity index is 2.72. The highest BCUT2D eigenvalue weighted by Crippen LogP contribution is 2.23. The predicted molar refractivity (Wildman–Crippen MR) is 59.4 cm³/mol. The van der Waals surface area contributed by atoms with Crippen LogP contribution in [0.25, 0.3) is 0 Å². The van der Waals surface area contributed by atoms with Crippen molar-refractivity contribution in [1.29, 1.82) is 0 Å². The maximum Gasteiger partial charge on any atom is 0.142 e. The highest BCUT2D eigenvalue weighted by molar-refractivity contribution is 14.1. The normalized spacial score (nSPS) is 9.83. The van der Waals surface area contributed by atoms with Crippen molar-refractivity contribution < 1.29 is 4.74 Å². The number of nitrogen functional groups attached to an aromatic ring is 1. The van der Waals surface area contributed by atoms with Crippen LogP contribution in [0, 0.1) is 3.57 Å². The van der Waals surface area contributed by atoms with E-state index in [0.29, 0.717) is 0 Å². The van der Waals surface area contributed by atoms with E-state index in [1.54, 1.807) is 0 Å². The van der Waals surface area contributed by atoms with Crippen LogP contribution in [0.4, 0.5) is 5.69 Å². The molecule has 0 aliphatic carbocycles. The van der Waals surface area contributed by atoms with Crippen LogP contribution in [-0.2, 0) is 0 Å². The lowest BCUT2D eigenvalue weighted by molar-refractivity contribution is 0.319. The topological polar surface area (TPSA) is 35.2 Å². The second-order valence-corrected chi connectivity index (χ2v) is 3.78. The van der Waals surface area contributed by atoms with Crippen molar-refractivity contribution in [2.75, 3.05) is 12.3 Å². The highest BCUT2D eigenvalue weighted by atomic mass is 127. The summed E-state index contributed by atoms with van der Waals surface area (Å²) >= 11 is 2.22. The van der Waals surface area contributed by atoms with E-state index in [0.717, 1.165) is 28.0 Å². The van der Waals surface area contributed by atoms with Crippen LogP contribution in [0.1, 0.15) is 13.3 Å². The molecule has 0 atom stereocenters.